The van der Waals surface area contributed by atoms with Gasteiger partial charge in [0.05, 0.1) is 17.2 Å². The predicted molar refractivity (Wildman–Crippen MR) is 250 cm³/mol. The van der Waals surface area contributed by atoms with Crippen molar-refractivity contribution in [3.8, 4) is 23.2 Å². The highest BCUT2D eigenvalue weighted by atomic mass is 28.3. The molecule has 1 amide bonds. The summed E-state index contributed by atoms with van der Waals surface area (Å²) < 4.78 is 41.6. The van der Waals surface area contributed by atoms with Crippen LogP contribution in [-0.4, -0.2) is 107 Å². The number of carbonyl (C=O) groups is 2. The molecule has 7 rings (SSSR count). The summed E-state index contributed by atoms with van der Waals surface area (Å²) in [6.45, 7) is 22.1. The lowest BCUT2D eigenvalue weighted by atomic mass is 9.91. The third-order valence-electron chi connectivity index (χ3n) is 13.4. The Balaban J connectivity index is 1.41. The second-order valence-electron chi connectivity index (χ2n) is 20.2. The number of likely N-dealkylation sites (tertiary alicyclic amines) is 1. The molecule has 15 heteroatoms. The van der Waals surface area contributed by atoms with Gasteiger partial charge in [-0.3, -0.25) is 4.79 Å². The van der Waals surface area contributed by atoms with Crippen LogP contribution in [0, 0.1) is 17.3 Å². The summed E-state index contributed by atoms with van der Waals surface area (Å²) in [6, 6.07) is 6.19. The van der Waals surface area contributed by atoms with Gasteiger partial charge in [-0.05, 0) is 113 Å². The molecule has 64 heavy (non-hydrogen) atoms. The van der Waals surface area contributed by atoms with Crippen LogP contribution in [0.5, 0.6) is 11.8 Å². The van der Waals surface area contributed by atoms with Crippen LogP contribution in [0.15, 0.2) is 24.3 Å². The highest BCUT2D eigenvalue weighted by molar-refractivity contribution is 6.90. The standard InChI is InChI=1S/C49H67FN6O7Si/c1-30(2)64(31(3)4,32(5)6)24-20-37-39(50)19-18-33-25-36(62-29-60-11)26-38(40(33)37)42(57)45-51-43-41(56(45)34-15-12-16-34)44(54-22-14-21-49(10,59)28-54)53-46(52-43)61-27-35-17-13-23-55(35)47(58)63-48(7,8)9/h18-19,25-26,30-32,34-35,59H,12-17,21-23,27-29H2,1-11H3/t35-,49+/m0/s1. The van der Waals surface area contributed by atoms with Crippen molar-refractivity contribution < 1.29 is 38.0 Å². The van der Waals surface area contributed by atoms with Crippen LogP contribution in [0.3, 0.4) is 0 Å². The number of methoxy groups -OCH3 is 1. The number of benzene rings is 2. The van der Waals surface area contributed by atoms with Crippen molar-refractivity contribution in [3.63, 3.8) is 0 Å². The van der Waals surface area contributed by atoms with Crippen LogP contribution >= 0.6 is 0 Å². The number of imidazole rings is 1. The number of rotatable bonds is 13. The van der Waals surface area contributed by atoms with E-state index >= 15 is 9.18 Å². The maximum absolute atomic E-state index is 16.4. The maximum Gasteiger partial charge on any atom is 0.410 e. The van der Waals surface area contributed by atoms with E-state index in [1.807, 2.05) is 37.2 Å². The van der Waals surface area contributed by atoms with Crippen LogP contribution < -0.4 is 14.4 Å². The summed E-state index contributed by atoms with van der Waals surface area (Å²) in [6.07, 6.45) is 5.05. The van der Waals surface area contributed by atoms with Gasteiger partial charge in [0, 0.05) is 43.7 Å². The van der Waals surface area contributed by atoms with Gasteiger partial charge in [-0.2, -0.15) is 9.97 Å². The number of anilines is 1. The number of aromatic nitrogens is 4. The number of β-amino-alcohol motifs (C(OH)–C–C–N with tert-alkyl or cyclic N) is 1. The molecule has 13 nitrogen and oxygen atoms in total. The Hall–Kier alpha value is -4.78. The van der Waals surface area contributed by atoms with E-state index in [1.165, 1.54) is 13.2 Å². The molecule has 2 aromatic heterocycles. The zero-order valence-electron chi connectivity index (χ0n) is 39.6. The largest absolute Gasteiger partial charge is 0.468 e. The topological polar surface area (TPSA) is 141 Å². The molecule has 0 unspecified atom stereocenters. The monoisotopic (exact) mass is 898 g/mol. The summed E-state index contributed by atoms with van der Waals surface area (Å²) in [5.74, 6) is 3.42. The summed E-state index contributed by atoms with van der Waals surface area (Å²) in [5.41, 5.74) is 4.19. The molecule has 2 aromatic carbocycles. The average Bonchev–Trinajstić information content (AvgIpc) is 3.82. The molecule has 0 bridgehead atoms. The zero-order valence-corrected chi connectivity index (χ0v) is 40.6. The first-order chi connectivity index (χ1) is 30.2. The van der Waals surface area contributed by atoms with Gasteiger partial charge in [-0.25, -0.2) is 14.2 Å². The number of aliphatic hydroxyl groups is 1. The fourth-order valence-corrected chi connectivity index (χ4v) is 15.4. The van der Waals surface area contributed by atoms with Crippen molar-refractivity contribution in [2.24, 2.45) is 0 Å². The quantitative estimate of drug-likeness (QED) is 0.0594. The van der Waals surface area contributed by atoms with E-state index in [0.717, 1.165) is 38.5 Å². The molecule has 0 radical (unpaired) electrons. The van der Waals surface area contributed by atoms with Crippen molar-refractivity contribution in [2.75, 3.05) is 45.0 Å². The molecule has 2 atom stereocenters. The van der Waals surface area contributed by atoms with Crippen molar-refractivity contribution >= 4 is 47.7 Å². The van der Waals surface area contributed by atoms with Crippen molar-refractivity contribution in [1.29, 1.82) is 0 Å². The van der Waals surface area contributed by atoms with Crippen molar-refractivity contribution in [2.45, 2.75) is 154 Å². The molecule has 1 saturated carbocycles. The van der Waals surface area contributed by atoms with Crippen LogP contribution in [-0.2, 0) is 9.47 Å². The fraction of sp³-hybridized carbons (Fsp3) is 0.612. The lowest BCUT2D eigenvalue weighted by Gasteiger charge is -2.38. The maximum atomic E-state index is 16.4. The van der Waals surface area contributed by atoms with E-state index in [4.69, 9.17) is 33.9 Å². The Kier molecular flexibility index (Phi) is 13.7. The number of nitrogens with zero attached hydrogens (tertiary/aromatic N) is 6. The molecular formula is C49H67FN6O7Si. The Labute approximate surface area is 378 Å². The summed E-state index contributed by atoms with van der Waals surface area (Å²) in [5, 5.41) is 12.3. The van der Waals surface area contributed by atoms with Crippen molar-refractivity contribution in [1.82, 2.24) is 24.4 Å². The lowest BCUT2D eigenvalue weighted by Crippen LogP contribution is -2.46. The van der Waals surface area contributed by atoms with Gasteiger partial charge in [0.2, 0.25) is 5.78 Å². The fourth-order valence-electron chi connectivity index (χ4n) is 10.2. The van der Waals surface area contributed by atoms with E-state index in [-0.39, 0.29) is 54.1 Å². The van der Waals surface area contributed by atoms with E-state index in [2.05, 4.69) is 53.0 Å². The minimum absolute atomic E-state index is 0.0502. The SMILES string of the molecule is COCOc1cc(C(=O)c2nc3nc(OC[C@@H]4CCCN4C(=O)OC(C)(C)C)nc(N4CCC[C@@](C)(O)C4)c3n2C2CCC2)c2c(C#C[Si](C(C)C)(C(C)C)C(C)C)c(F)ccc2c1. The Morgan fingerprint density at radius 3 is 2.31 bits per heavy atom. The third kappa shape index (κ3) is 9.47. The average molecular weight is 899 g/mol. The summed E-state index contributed by atoms with van der Waals surface area (Å²) >= 11 is 0. The highest BCUT2D eigenvalue weighted by Crippen LogP contribution is 2.43. The van der Waals surface area contributed by atoms with Crippen LogP contribution in [0.2, 0.25) is 16.6 Å². The van der Waals surface area contributed by atoms with E-state index in [9.17, 15) is 9.90 Å². The molecule has 1 aliphatic carbocycles. The molecule has 2 saturated heterocycles. The van der Waals surface area contributed by atoms with Gasteiger partial charge in [-0.1, -0.05) is 53.5 Å². The number of fused-ring (bicyclic) bond motifs is 2. The van der Waals surface area contributed by atoms with Crippen LogP contribution in [0.1, 0.15) is 142 Å². The first-order valence-corrected chi connectivity index (χ1v) is 25.3. The minimum Gasteiger partial charge on any atom is -0.468 e. The van der Waals surface area contributed by atoms with E-state index in [1.54, 1.807) is 23.1 Å². The van der Waals surface area contributed by atoms with Crippen LogP contribution in [0.4, 0.5) is 15.0 Å². The van der Waals surface area contributed by atoms with Gasteiger partial charge in [-0.15, -0.1) is 5.54 Å². The van der Waals surface area contributed by atoms with Gasteiger partial charge in [0.25, 0.3) is 0 Å². The normalized spacial score (nSPS) is 19.7. The number of piperidine rings is 1. The third-order valence-corrected chi connectivity index (χ3v) is 19.7. The number of ketones is 1. The number of ether oxygens (including phenoxy) is 4. The van der Waals surface area contributed by atoms with Gasteiger partial charge in [0.1, 0.15) is 37.4 Å². The second-order valence-corrected chi connectivity index (χ2v) is 25.8. The van der Waals surface area contributed by atoms with Crippen LogP contribution in [0.25, 0.3) is 21.9 Å². The molecule has 0 spiro atoms. The molecule has 4 aromatic rings. The van der Waals surface area contributed by atoms with Gasteiger partial charge >= 0.3 is 12.1 Å². The molecule has 1 N–H and O–H groups in total. The molecule has 3 fully saturated rings. The highest BCUT2D eigenvalue weighted by Gasteiger charge is 2.42. The van der Waals surface area contributed by atoms with Gasteiger partial charge < -0.3 is 38.4 Å². The van der Waals surface area contributed by atoms with E-state index in [0.29, 0.717) is 70.5 Å². The Morgan fingerprint density at radius 1 is 0.969 bits per heavy atom. The first-order valence-electron chi connectivity index (χ1n) is 23.1. The van der Waals surface area contributed by atoms with Crippen molar-refractivity contribution in [3.05, 3.63) is 47.0 Å². The first kappa shape index (κ1) is 47.2. The van der Waals surface area contributed by atoms with Gasteiger partial charge in [0.15, 0.2) is 24.1 Å². The lowest BCUT2D eigenvalue weighted by molar-refractivity contribution is 0.0184. The molecule has 3 aliphatic rings. The minimum atomic E-state index is -2.32. The number of hydrogen-bond donors (Lipinski definition) is 1. The number of hydrogen-bond acceptors (Lipinski definition) is 11. The molecule has 2 aliphatic heterocycles. The predicted octanol–water partition coefficient (Wildman–Crippen LogP) is 9.76. The summed E-state index contributed by atoms with van der Waals surface area (Å²) in [7, 11) is -0.798. The molecule has 4 heterocycles. The molecular weight excluding hydrogens is 832 g/mol. The second kappa shape index (κ2) is 18.6. The smallest absolute Gasteiger partial charge is 0.410 e. The number of carbonyl (C=O) groups excluding carboxylic acids is 2. The zero-order chi connectivity index (χ0) is 46.3. The number of amides is 1. The molecule has 346 valence electrons. The Morgan fingerprint density at radius 2 is 1.69 bits per heavy atom. The Bertz CT molecular complexity index is 2430. The van der Waals surface area contributed by atoms with E-state index < -0.39 is 37.0 Å². The summed E-state index contributed by atoms with van der Waals surface area (Å²) in [4.78, 5) is 47.4. The number of halogens is 1.